The number of methoxy groups -OCH3 is 1. The molecular weight excluding hydrogens is 272 g/mol. The highest BCUT2D eigenvalue weighted by Gasteiger charge is 2.11. The minimum atomic E-state index is 0. The second kappa shape index (κ2) is 8.10. The average molecular weight is 295 g/mol. The Labute approximate surface area is 126 Å². The van der Waals surface area contributed by atoms with Gasteiger partial charge < -0.3 is 16.2 Å². The maximum atomic E-state index is 6.31. The lowest BCUT2D eigenvalue weighted by molar-refractivity contribution is 0.419. The van der Waals surface area contributed by atoms with E-state index < -0.39 is 0 Å². The molecule has 0 radical (unpaired) electrons. The van der Waals surface area contributed by atoms with E-state index in [1.54, 1.807) is 7.11 Å². The highest BCUT2D eigenvalue weighted by Crippen LogP contribution is 2.32. The fourth-order valence-electron chi connectivity index (χ4n) is 2.46. The van der Waals surface area contributed by atoms with Crippen molar-refractivity contribution in [2.24, 2.45) is 11.5 Å². The number of hydrogen-bond acceptors (Lipinski definition) is 3. The second-order valence-electron chi connectivity index (χ2n) is 4.79. The number of nitrogens with two attached hydrogens (primary N) is 2. The summed E-state index contributed by atoms with van der Waals surface area (Å²) < 4.78 is 5.40. The molecule has 4 N–H and O–H groups in total. The first-order valence-corrected chi connectivity index (χ1v) is 6.79. The summed E-state index contributed by atoms with van der Waals surface area (Å²) in [6.45, 7) is 0.732. The van der Waals surface area contributed by atoms with Crippen molar-refractivity contribution in [3.8, 4) is 5.75 Å². The van der Waals surface area contributed by atoms with Crippen LogP contribution in [-0.4, -0.2) is 13.7 Å². The Hall–Kier alpha value is -1.29. The van der Waals surface area contributed by atoms with Gasteiger partial charge in [0.25, 0.3) is 0 Å². The third-order valence-electron chi connectivity index (χ3n) is 3.51. The summed E-state index contributed by atoms with van der Waals surface area (Å²) in [4.78, 5) is 0. The van der Waals surface area contributed by atoms with Crippen molar-refractivity contribution in [2.75, 3.05) is 13.7 Å². The quantitative estimate of drug-likeness (QED) is 0.803. The van der Waals surface area contributed by atoms with Gasteiger partial charge in [-0.25, -0.2) is 0 Å². The molecule has 0 heterocycles. The Bertz CT molecular complexity index is 545. The topological polar surface area (TPSA) is 61.3 Å². The van der Waals surface area contributed by atoms with E-state index >= 15 is 0 Å². The molecule has 110 valence electrons. The van der Waals surface area contributed by atoms with Gasteiger partial charge in [-0.3, -0.25) is 0 Å². The molecule has 0 aromatic heterocycles. The van der Waals surface area contributed by atoms with Crippen molar-refractivity contribution in [3.63, 3.8) is 0 Å². The van der Waals surface area contributed by atoms with Gasteiger partial charge in [-0.05, 0) is 36.4 Å². The van der Waals surface area contributed by atoms with Crippen LogP contribution in [0.1, 0.15) is 30.9 Å². The number of fused-ring (bicyclic) bond motifs is 1. The molecule has 1 atom stereocenters. The molecule has 3 nitrogen and oxygen atoms in total. The minimum Gasteiger partial charge on any atom is -0.496 e. The molecule has 0 aliphatic heterocycles. The monoisotopic (exact) mass is 294 g/mol. The first-order valence-electron chi connectivity index (χ1n) is 6.79. The largest absolute Gasteiger partial charge is 0.496 e. The molecule has 4 heteroatoms. The summed E-state index contributed by atoms with van der Waals surface area (Å²) in [5, 5.41) is 2.30. The van der Waals surface area contributed by atoms with Crippen LogP contribution in [0, 0.1) is 0 Å². The third-order valence-corrected chi connectivity index (χ3v) is 3.51. The number of rotatable bonds is 6. The van der Waals surface area contributed by atoms with E-state index in [4.69, 9.17) is 16.2 Å². The SMILES string of the molecule is COc1ccc([C@H](N)CCCCN)c2ccccc12.Cl. The van der Waals surface area contributed by atoms with Crippen LogP contribution in [0.2, 0.25) is 0 Å². The van der Waals surface area contributed by atoms with E-state index in [2.05, 4.69) is 18.2 Å². The molecule has 2 rings (SSSR count). The lowest BCUT2D eigenvalue weighted by Crippen LogP contribution is -2.11. The lowest BCUT2D eigenvalue weighted by atomic mass is 9.95. The fourth-order valence-corrected chi connectivity index (χ4v) is 2.46. The first kappa shape index (κ1) is 16.8. The maximum Gasteiger partial charge on any atom is 0.126 e. The van der Waals surface area contributed by atoms with Crippen molar-refractivity contribution in [1.82, 2.24) is 0 Å². The van der Waals surface area contributed by atoms with Crippen LogP contribution >= 0.6 is 12.4 Å². The van der Waals surface area contributed by atoms with Crippen LogP contribution in [0.25, 0.3) is 10.8 Å². The molecule has 0 aliphatic rings. The Morgan fingerprint density at radius 3 is 2.40 bits per heavy atom. The van der Waals surface area contributed by atoms with Crippen molar-refractivity contribution in [2.45, 2.75) is 25.3 Å². The zero-order chi connectivity index (χ0) is 13.7. The zero-order valence-electron chi connectivity index (χ0n) is 11.8. The molecule has 0 saturated carbocycles. The van der Waals surface area contributed by atoms with Gasteiger partial charge in [-0.1, -0.05) is 36.8 Å². The minimum absolute atomic E-state index is 0. The van der Waals surface area contributed by atoms with Gasteiger partial charge in [0.05, 0.1) is 7.11 Å². The maximum absolute atomic E-state index is 6.31. The number of hydrogen-bond donors (Lipinski definition) is 2. The van der Waals surface area contributed by atoms with Gasteiger partial charge in [0, 0.05) is 11.4 Å². The summed E-state index contributed by atoms with van der Waals surface area (Å²) in [5.41, 5.74) is 13.0. The van der Waals surface area contributed by atoms with Gasteiger partial charge in [-0.2, -0.15) is 0 Å². The van der Waals surface area contributed by atoms with Crippen LogP contribution in [-0.2, 0) is 0 Å². The molecule has 0 saturated heterocycles. The van der Waals surface area contributed by atoms with Crippen LogP contribution in [0.4, 0.5) is 0 Å². The molecule has 0 spiro atoms. The van der Waals surface area contributed by atoms with Gasteiger partial charge >= 0.3 is 0 Å². The van der Waals surface area contributed by atoms with E-state index in [0.29, 0.717) is 0 Å². The number of benzene rings is 2. The molecule has 0 fully saturated rings. The van der Waals surface area contributed by atoms with E-state index in [1.807, 2.05) is 18.2 Å². The summed E-state index contributed by atoms with van der Waals surface area (Å²) >= 11 is 0. The fraction of sp³-hybridized carbons (Fsp3) is 0.375. The van der Waals surface area contributed by atoms with Gasteiger partial charge in [0.15, 0.2) is 0 Å². The van der Waals surface area contributed by atoms with Crippen LogP contribution in [0.15, 0.2) is 36.4 Å². The molecular formula is C16H23ClN2O. The second-order valence-corrected chi connectivity index (χ2v) is 4.79. The highest BCUT2D eigenvalue weighted by atomic mass is 35.5. The standard InChI is InChI=1S/C16H22N2O.ClH/c1-19-16-10-9-13(15(18)8-4-5-11-17)12-6-2-3-7-14(12)16;/h2-3,6-7,9-10,15H,4-5,8,11,17-18H2,1H3;1H/t15-;/m1./s1. The zero-order valence-corrected chi connectivity index (χ0v) is 12.7. The predicted molar refractivity (Wildman–Crippen MR) is 87.6 cm³/mol. The molecule has 2 aromatic carbocycles. The number of halogens is 1. The third kappa shape index (κ3) is 3.63. The molecule has 0 aliphatic carbocycles. The Balaban J connectivity index is 0.00000200. The highest BCUT2D eigenvalue weighted by molar-refractivity contribution is 5.91. The van der Waals surface area contributed by atoms with Gasteiger partial charge in [0.1, 0.15) is 5.75 Å². The lowest BCUT2D eigenvalue weighted by Gasteiger charge is -2.16. The first-order chi connectivity index (χ1) is 9.27. The molecule has 0 bridgehead atoms. The average Bonchev–Trinajstić information content (AvgIpc) is 2.46. The van der Waals surface area contributed by atoms with Crippen LogP contribution in [0.5, 0.6) is 5.75 Å². The van der Waals surface area contributed by atoms with Crippen molar-refractivity contribution in [1.29, 1.82) is 0 Å². The predicted octanol–water partition coefficient (Wildman–Crippen LogP) is 3.40. The van der Waals surface area contributed by atoms with Crippen molar-refractivity contribution >= 4 is 23.2 Å². The van der Waals surface area contributed by atoms with E-state index in [-0.39, 0.29) is 18.4 Å². The summed E-state index contributed by atoms with van der Waals surface area (Å²) in [5.74, 6) is 0.897. The Morgan fingerprint density at radius 2 is 1.75 bits per heavy atom. The van der Waals surface area contributed by atoms with Crippen LogP contribution in [0.3, 0.4) is 0 Å². The van der Waals surface area contributed by atoms with Crippen LogP contribution < -0.4 is 16.2 Å². The Morgan fingerprint density at radius 1 is 1.05 bits per heavy atom. The van der Waals surface area contributed by atoms with Gasteiger partial charge in [0.2, 0.25) is 0 Å². The number of ether oxygens (including phenoxy) is 1. The van der Waals surface area contributed by atoms with Crippen molar-refractivity contribution < 1.29 is 4.74 Å². The molecule has 2 aromatic rings. The molecule has 20 heavy (non-hydrogen) atoms. The van der Waals surface area contributed by atoms with E-state index in [9.17, 15) is 0 Å². The normalized spacial score (nSPS) is 11.9. The number of unbranched alkanes of at least 4 members (excludes halogenated alkanes) is 1. The van der Waals surface area contributed by atoms with E-state index in [0.717, 1.165) is 36.9 Å². The summed E-state index contributed by atoms with van der Waals surface area (Å²) in [6, 6.07) is 12.4. The Kier molecular flexibility index (Phi) is 6.79. The summed E-state index contributed by atoms with van der Waals surface area (Å²) in [6.07, 6.45) is 3.06. The molecule has 0 amide bonds. The van der Waals surface area contributed by atoms with E-state index in [1.165, 1.54) is 10.9 Å². The molecule has 0 unspecified atom stereocenters. The van der Waals surface area contributed by atoms with Gasteiger partial charge in [-0.15, -0.1) is 12.4 Å². The van der Waals surface area contributed by atoms with Crippen molar-refractivity contribution in [3.05, 3.63) is 42.0 Å². The smallest absolute Gasteiger partial charge is 0.126 e. The summed E-state index contributed by atoms with van der Waals surface area (Å²) in [7, 11) is 1.70.